The maximum absolute atomic E-state index is 9.82. The van der Waals surface area contributed by atoms with Gasteiger partial charge in [0.25, 0.3) is 0 Å². The monoisotopic (exact) mass is 283 g/mol. The number of aryl methyl sites for hydroxylation is 2. The second-order valence-electron chi connectivity index (χ2n) is 5.84. The molecule has 21 heavy (non-hydrogen) atoms. The lowest BCUT2D eigenvalue weighted by molar-refractivity contribution is 0.200. The summed E-state index contributed by atoms with van der Waals surface area (Å²) < 4.78 is 0. The van der Waals surface area contributed by atoms with Gasteiger partial charge in [-0.1, -0.05) is 48.0 Å². The largest absolute Gasteiger partial charge is 0.389 e. The summed E-state index contributed by atoms with van der Waals surface area (Å²) in [4.78, 5) is 0. The highest BCUT2D eigenvalue weighted by molar-refractivity contribution is 5.52. The van der Waals surface area contributed by atoms with Gasteiger partial charge >= 0.3 is 0 Å². The summed E-state index contributed by atoms with van der Waals surface area (Å²) in [6.45, 7) is 6.12. The normalized spacial score (nSPS) is 13.7. The lowest BCUT2D eigenvalue weighted by Gasteiger charge is -2.19. The standard InChI is InChI=1S/C19H25NO/c1-14-7-6-8-17(13-14)12-11-15(2)20-19-10-5-4-9-18(19)16(3)21/h4-10,13,15-16,20-21H,11-12H2,1-3H3. The Kier molecular flexibility index (Phi) is 5.40. The second kappa shape index (κ2) is 7.28. The summed E-state index contributed by atoms with van der Waals surface area (Å²) >= 11 is 0. The maximum atomic E-state index is 9.82. The number of aliphatic hydroxyl groups excluding tert-OH is 1. The van der Waals surface area contributed by atoms with Crippen LogP contribution in [0.15, 0.2) is 48.5 Å². The SMILES string of the molecule is Cc1cccc(CCC(C)Nc2ccccc2C(C)O)c1. The third-order valence-corrected chi connectivity index (χ3v) is 3.76. The van der Waals surface area contributed by atoms with E-state index in [1.54, 1.807) is 6.92 Å². The number of rotatable bonds is 6. The van der Waals surface area contributed by atoms with E-state index in [2.05, 4.69) is 43.4 Å². The van der Waals surface area contributed by atoms with Crippen LogP contribution in [0.1, 0.15) is 43.1 Å². The highest BCUT2D eigenvalue weighted by Gasteiger charge is 2.09. The first-order valence-electron chi connectivity index (χ1n) is 7.65. The molecule has 0 saturated heterocycles. The molecule has 112 valence electrons. The van der Waals surface area contributed by atoms with Crippen LogP contribution < -0.4 is 5.32 Å². The predicted molar refractivity (Wildman–Crippen MR) is 89.7 cm³/mol. The van der Waals surface area contributed by atoms with Gasteiger partial charge < -0.3 is 10.4 Å². The number of anilines is 1. The van der Waals surface area contributed by atoms with E-state index in [9.17, 15) is 5.11 Å². The first kappa shape index (κ1) is 15.6. The quantitative estimate of drug-likeness (QED) is 0.819. The van der Waals surface area contributed by atoms with Crippen LogP contribution in [0.5, 0.6) is 0 Å². The van der Waals surface area contributed by atoms with Crippen LogP contribution in [0, 0.1) is 6.92 Å². The molecule has 2 rings (SSSR count). The van der Waals surface area contributed by atoms with Crippen LogP contribution in [-0.4, -0.2) is 11.1 Å². The first-order valence-corrected chi connectivity index (χ1v) is 7.65. The van der Waals surface area contributed by atoms with E-state index >= 15 is 0 Å². The minimum absolute atomic E-state index is 0.366. The van der Waals surface area contributed by atoms with Crippen molar-refractivity contribution in [3.05, 3.63) is 65.2 Å². The third kappa shape index (κ3) is 4.61. The van der Waals surface area contributed by atoms with Crippen LogP contribution in [0.25, 0.3) is 0 Å². The van der Waals surface area contributed by atoms with Gasteiger partial charge in [-0.2, -0.15) is 0 Å². The number of benzene rings is 2. The Labute approximate surface area is 127 Å². The van der Waals surface area contributed by atoms with Crippen molar-refractivity contribution in [3.8, 4) is 0 Å². The van der Waals surface area contributed by atoms with E-state index in [1.165, 1.54) is 11.1 Å². The van der Waals surface area contributed by atoms with Crippen molar-refractivity contribution >= 4 is 5.69 Å². The van der Waals surface area contributed by atoms with E-state index < -0.39 is 6.10 Å². The molecule has 2 unspecified atom stereocenters. The van der Waals surface area contributed by atoms with Crippen molar-refractivity contribution in [1.29, 1.82) is 0 Å². The summed E-state index contributed by atoms with van der Waals surface area (Å²) in [6, 6.07) is 17.0. The van der Waals surface area contributed by atoms with Gasteiger partial charge in [-0.25, -0.2) is 0 Å². The Bertz CT molecular complexity index is 577. The van der Waals surface area contributed by atoms with Crippen LogP contribution in [0.3, 0.4) is 0 Å². The summed E-state index contributed by atoms with van der Waals surface area (Å²) in [5.41, 5.74) is 4.68. The average Bonchev–Trinajstić information content (AvgIpc) is 2.45. The summed E-state index contributed by atoms with van der Waals surface area (Å²) in [5.74, 6) is 0. The van der Waals surface area contributed by atoms with E-state index in [4.69, 9.17) is 0 Å². The molecule has 0 aliphatic heterocycles. The average molecular weight is 283 g/mol. The molecule has 0 aliphatic carbocycles. The molecule has 0 amide bonds. The molecule has 0 spiro atoms. The Balaban J connectivity index is 1.94. The highest BCUT2D eigenvalue weighted by atomic mass is 16.3. The van der Waals surface area contributed by atoms with Gasteiger partial charge in [-0.15, -0.1) is 0 Å². The van der Waals surface area contributed by atoms with Crippen LogP contribution in [0.2, 0.25) is 0 Å². The van der Waals surface area contributed by atoms with E-state index in [0.29, 0.717) is 6.04 Å². The van der Waals surface area contributed by atoms with Crippen molar-refractivity contribution in [2.75, 3.05) is 5.32 Å². The van der Waals surface area contributed by atoms with Crippen molar-refractivity contribution in [2.24, 2.45) is 0 Å². The molecule has 0 aromatic heterocycles. The third-order valence-electron chi connectivity index (χ3n) is 3.76. The van der Waals surface area contributed by atoms with E-state index in [-0.39, 0.29) is 0 Å². The van der Waals surface area contributed by atoms with Crippen molar-refractivity contribution < 1.29 is 5.11 Å². The van der Waals surface area contributed by atoms with E-state index in [0.717, 1.165) is 24.1 Å². The van der Waals surface area contributed by atoms with Crippen molar-refractivity contribution in [2.45, 2.75) is 45.8 Å². The molecule has 0 bridgehead atoms. The Morgan fingerprint density at radius 3 is 2.52 bits per heavy atom. The highest BCUT2D eigenvalue weighted by Crippen LogP contribution is 2.23. The van der Waals surface area contributed by atoms with Gasteiger partial charge in [-0.05, 0) is 45.2 Å². The molecule has 0 fully saturated rings. The topological polar surface area (TPSA) is 32.3 Å². The number of aliphatic hydroxyl groups is 1. The van der Waals surface area contributed by atoms with Gasteiger partial charge in [0.15, 0.2) is 0 Å². The number of nitrogens with one attached hydrogen (secondary N) is 1. The van der Waals surface area contributed by atoms with Crippen molar-refractivity contribution in [3.63, 3.8) is 0 Å². The molecule has 2 heteroatoms. The fourth-order valence-corrected chi connectivity index (χ4v) is 2.58. The molecule has 2 N–H and O–H groups in total. The molecule has 0 saturated carbocycles. The number of hydrogen-bond acceptors (Lipinski definition) is 2. The Morgan fingerprint density at radius 1 is 1.05 bits per heavy atom. The summed E-state index contributed by atoms with van der Waals surface area (Å²) in [5, 5.41) is 13.3. The fraction of sp³-hybridized carbons (Fsp3) is 0.368. The Morgan fingerprint density at radius 2 is 1.81 bits per heavy atom. The zero-order chi connectivity index (χ0) is 15.2. The second-order valence-corrected chi connectivity index (χ2v) is 5.84. The molecule has 0 radical (unpaired) electrons. The molecule has 2 aromatic carbocycles. The van der Waals surface area contributed by atoms with Gasteiger partial charge in [0.05, 0.1) is 6.10 Å². The molecule has 2 aromatic rings. The predicted octanol–water partition coefficient (Wildman–Crippen LogP) is 4.48. The van der Waals surface area contributed by atoms with Gasteiger partial charge in [0.1, 0.15) is 0 Å². The van der Waals surface area contributed by atoms with Crippen molar-refractivity contribution in [1.82, 2.24) is 0 Å². The summed E-state index contributed by atoms with van der Waals surface area (Å²) in [7, 11) is 0. The zero-order valence-corrected chi connectivity index (χ0v) is 13.1. The lowest BCUT2D eigenvalue weighted by Crippen LogP contribution is -2.17. The molecule has 0 heterocycles. The minimum Gasteiger partial charge on any atom is -0.389 e. The first-order chi connectivity index (χ1) is 10.1. The van der Waals surface area contributed by atoms with Gasteiger partial charge in [-0.3, -0.25) is 0 Å². The molecular weight excluding hydrogens is 258 g/mol. The van der Waals surface area contributed by atoms with Crippen LogP contribution >= 0.6 is 0 Å². The minimum atomic E-state index is -0.447. The smallest absolute Gasteiger partial charge is 0.0781 e. The van der Waals surface area contributed by atoms with Gasteiger partial charge in [0.2, 0.25) is 0 Å². The van der Waals surface area contributed by atoms with Crippen LogP contribution in [-0.2, 0) is 6.42 Å². The maximum Gasteiger partial charge on any atom is 0.0781 e. The lowest BCUT2D eigenvalue weighted by atomic mass is 10.0. The summed E-state index contributed by atoms with van der Waals surface area (Å²) in [6.07, 6.45) is 1.68. The fourth-order valence-electron chi connectivity index (χ4n) is 2.58. The molecule has 2 atom stereocenters. The van der Waals surface area contributed by atoms with E-state index in [1.807, 2.05) is 24.3 Å². The molecule has 0 aliphatic rings. The van der Waals surface area contributed by atoms with Crippen LogP contribution in [0.4, 0.5) is 5.69 Å². The number of para-hydroxylation sites is 1. The number of hydrogen-bond donors (Lipinski definition) is 2. The Hall–Kier alpha value is -1.80. The molecular formula is C19H25NO. The zero-order valence-electron chi connectivity index (χ0n) is 13.1. The van der Waals surface area contributed by atoms with Gasteiger partial charge in [0, 0.05) is 17.3 Å². The molecule has 2 nitrogen and oxygen atoms in total.